The summed E-state index contributed by atoms with van der Waals surface area (Å²) >= 11 is 0. The van der Waals surface area contributed by atoms with Crippen molar-refractivity contribution in [1.29, 1.82) is 0 Å². The summed E-state index contributed by atoms with van der Waals surface area (Å²) in [4.78, 5) is 0. The highest BCUT2D eigenvalue weighted by atomic mass is 16.5. The number of rotatable bonds is 6. The Kier molecular flexibility index (Phi) is 4.88. The third-order valence-electron chi connectivity index (χ3n) is 3.16. The minimum absolute atomic E-state index is 0.153. The van der Waals surface area contributed by atoms with E-state index in [4.69, 9.17) is 4.74 Å². The number of hydrogen-bond acceptors (Lipinski definition) is 5. The van der Waals surface area contributed by atoms with Crippen LogP contribution in [0.25, 0.3) is 10.8 Å². The summed E-state index contributed by atoms with van der Waals surface area (Å²) in [5.74, 6) is 0.229. The average Bonchev–Trinajstić information content (AvgIpc) is 2.46. The maximum absolute atomic E-state index is 9.85. The van der Waals surface area contributed by atoms with Gasteiger partial charge in [0.2, 0.25) is 0 Å². The fraction of sp³-hybridized carbons (Fsp3) is 0.375. The summed E-state index contributed by atoms with van der Waals surface area (Å²) in [6, 6.07) is 8.60. The van der Waals surface area contributed by atoms with Crippen molar-refractivity contribution in [2.75, 3.05) is 13.2 Å². The molecule has 0 saturated carbocycles. The molecule has 0 amide bonds. The lowest BCUT2D eigenvalue weighted by Crippen LogP contribution is -2.35. The molecule has 2 aromatic carbocycles. The first-order valence-electron chi connectivity index (χ1n) is 6.97. The van der Waals surface area contributed by atoms with Gasteiger partial charge in [-0.25, -0.2) is 0 Å². The van der Waals surface area contributed by atoms with Crippen molar-refractivity contribution >= 4 is 10.8 Å². The molecule has 4 N–H and O–H groups in total. The van der Waals surface area contributed by atoms with Gasteiger partial charge in [0.15, 0.2) is 11.5 Å². The van der Waals surface area contributed by atoms with Crippen LogP contribution < -0.4 is 10.1 Å². The van der Waals surface area contributed by atoms with Gasteiger partial charge in [-0.15, -0.1) is 0 Å². The van der Waals surface area contributed by atoms with Crippen LogP contribution in [0.5, 0.6) is 17.2 Å². The van der Waals surface area contributed by atoms with Gasteiger partial charge >= 0.3 is 0 Å². The van der Waals surface area contributed by atoms with Crippen LogP contribution in [0.15, 0.2) is 30.3 Å². The molecule has 5 nitrogen and oxygen atoms in total. The fourth-order valence-corrected chi connectivity index (χ4v) is 2.04. The molecule has 0 fully saturated rings. The van der Waals surface area contributed by atoms with Crippen LogP contribution in [0.3, 0.4) is 0 Å². The van der Waals surface area contributed by atoms with E-state index >= 15 is 0 Å². The molecule has 0 bridgehead atoms. The number of benzene rings is 2. The SMILES string of the molecule is CC(C)NCC(O)COc1cccc2c(O)c(O)ccc12. The van der Waals surface area contributed by atoms with Crippen molar-refractivity contribution < 1.29 is 20.1 Å². The highest BCUT2D eigenvalue weighted by Gasteiger charge is 2.11. The van der Waals surface area contributed by atoms with Gasteiger partial charge in [0.25, 0.3) is 0 Å². The van der Waals surface area contributed by atoms with Crippen molar-refractivity contribution in [2.45, 2.75) is 26.0 Å². The lowest BCUT2D eigenvalue weighted by atomic mass is 10.1. The van der Waals surface area contributed by atoms with Gasteiger partial charge < -0.3 is 25.4 Å². The minimum atomic E-state index is -0.617. The first-order valence-corrected chi connectivity index (χ1v) is 6.97. The van der Waals surface area contributed by atoms with Crippen molar-refractivity contribution in [3.05, 3.63) is 30.3 Å². The lowest BCUT2D eigenvalue weighted by Gasteiger charge is -2.16. The van der Waals surface area contributed by atoms with Crippen molar-refractivity contribution in [3.8, 4) is 17.2 Å². The Hall–Kier alpha value is -1.98. The second kappa shape index (κ2) is 6.65. The molecule has 5 heteroatoms. The molecule has 2 rings (SSSR count). The predicted octanol–water partition coefficient (Wildman–Crippen LogP) is 1.99. The van der Waals surface area contributed by atoms with Gasteiger partial charge in [0.1, 0.15) is 18.5 Å². The molecule has 0 aliphatic rings. The number of phenols is 2. The standard InChI is InChI=1S/C16H21NO4/c1-10(2)17-8-11(18)9-21-15-5-3-4-13-12(15)6-7-14(19)16(13)20/h3-7,10-11,17-20H,8-9H2,1-2H3. The van der Waals surface area contributed by atoms with Crippen LogP contribution in [0.4, 0.5) is 0 Å². The number of nitrogens with one attached hydrogen (secondary N) is 1. The van der Waals surface area contributed by atoms with Crippen LogP contribution in [-0.2, 0) is 0 Å². The summed E-state index contributed by atoms with van der Waals surface area (Å²) in [5.41, 5.74) is 0. The zero-order valence-electron chi connectivity index (χ0n) is 12.2. The summed E-state index contributed by atoms with van der Waals surface area (Å²) in [6.07, 6.45) is -0.617. The molecule has 2 aromatic rings. The number of phenolic OH excluding ortho intramolecular Hbond substituents is 2. The van der Waals surface area contributed by atoms with E-state index in [1.807, 2.05) is 13.8 Å². The average molecular weight is 291 g/mol. The van der Waals surface area contributed by atoms with E-state index in [1.54, 1.807) is 24.3 Å². The number of fused-ring (bicyclic) bond motifs is 1. The molecule has 0 aliphatic carbocycles. The monoisotopic (exact) mass is 291 g/mol. The number of ether oxygens (including phenoxy) is 1. The smallest absolute Gasteiger partial charge is 0.165 e. The maximum atomic E-state index is 9.85. The molecule has 0 aliphatic heterocycles. The van der Waals surface area contributed by atoms with Gasteiger partial charge in [-0.1, -0.05) is 26.0 Å². The third kappa shape index (κ3) is 3.77. The van der Waals surface area contributed by atoms with Gasteiger partial charge in [-0.2, -0.15) is 0 Å². The molecular formula is C16H21NO4. The highest BCUT2D eigenvalue weighted by molar-refractivity contribution is 5.94. The molecule has 1 atom stereocenters. The zero-order chi connectivity index (χ0) is 15.4. The van der Waals surface area contributed by atoms with Crippen molar-refractivity contribution in [1.82, 2.24) is 5.32 Å². The summed E-state index contributed by atoms with van der Waals surface area (Å²) in [5, 5.41) is 33.5. The minimum Gasteiger partial charge on any atom is -0.504 e. The van der Waals surface area contributed by atoms with Crippen LogP contribution in [-0.4, -0.2) is 40.6 Å². The first-order chi connectivity index (χ1) is 9.99. The van der Waals surface area contributed by atoms with E-state index in [0.29, 0.717) is 29.1 Å². The zero-order valence-corrected chi connectivity index (χ0v) is 12.2. The van der Waals surface area contributed by atoms with E-state index in [1.165, 1.54) is 6.07 Å². The fourth-order valence-electron chi connectivity index (χ4n) is 2.04. The molecule has 0 saturated heterocycles. The van der Waals surface area contributed by atoms with Crippen LogP contribution in [0.1, 0.15) is 13.8 Å². The summed E-state index contributed by atoms with van der Waals surface area (Å²) in [7, 11) is 0. The third-order valence-corrected chi connectivity index (χ3v) is 3.16. The molecule has 0 spiro atoms. The molecule has 21 heavy (non-hydrogen) atoms. The second-order valence-electron chi connectivity index (χ2n) is 5.31. The quantitative estimate of drug-likeness (QED) is 0.612. The van der Waals surface area contributed by atoms with E-state index in [2.05, 4.69) is 5.32 Å². The number of hydrogen-bond donors (Lipinski definition) is 4. The Balaban J connectivity index is 2.11. The largest absolute Gasteiger partial charge is 0.504 e. The molecule has 0 aromatic heterocycles. The lowest BCUT2D eigenvalue weighted by molar-refractivity contribution is 0.105. The van der Waals surface area contributed by atoms with E-state index in [-0.39, 0.29) is 18.1 Å². The van der Waals surface area contributed by atoms with Crippen LogP contribution >= 0.6 is 0 Å². The van der Waals surface area contributed by atoms with Crippen molar-refractivity contribution in [2.24, 2.45) is 0 Å². The summed E-state index contributed by atoms with van der Waals surface area (Å²) in [6.45, 7) is 4.62. The second-order valence-corrected chi connectivity index (χ2v) is 5.31. The van der Waals surface area contributed by atoms with E-state index in [0.717, 1.165) is 0 Å². The topological polar surface area (TPSA) is 82.0 Å². The Bertz CT molecular complexity index is 612. The van der Waals surface area contributed by atoms with Gasteiger partial charge in [0, 0.05) is 23.4 Å². The first kappa shape index (κ1) is 15.4. The number of aliphatic hydroxyl groups excluding tert-OH is 1. The van der Waals surface area contributed by atoms with Crippen LogP contribution in [0.2, 0.25) is 0 Å². The molecule has 1 unspecified atom stereocenters. The maximum Gasteiger partial charge on any atom is 0.165 e. The van der Waals surface area contributed by atoms with Gasteiger partial charge in [-0.3, -0.25) is 0 Å². The highest BCUT2D eigenvalue weighted by Crippen LogP contribution is 2.37. The Labute approximate surface area is 123 Å². The molecular weight excluding hydrogens is 270 g/mol. The molecule has 114 valence electrons. The van der Waals surface area contributed by atoms with E-state index in [9.17, 15) is 15.3 Å². The number of aliphatic hydroxyl groups is 1. The Morgan fingerprint density at radius 3 is 2.57 bits per heavy atom. The number of aromatic hydroxyl groups is 2. The van der Waals surface area contributed by atoms with E-state index < -0.39 is 6.10 Å². The molecule has 0 heterocycles. The molecule has 0 radical (unpaired) electrons. The normalized spacial score (nSPS) is 12.8. The predicted molar refractivity (Wildman–Crippen MR) is 81.9 cm³/mol. The van der Waals surface area contributed by atoms with Gasteiger partial charge in [-0.05, 0) is 18.2 Å². The van der Waals surface area contributed by atoms with Crippen molar-refractivity contribution in [3.63, 3.8) is 0 Å². The Morgan fingerprint density at radius 2 is 1.86 bits per heavy atom. The Morgan fingerprint density at radius 1 is 1.10 bits per heavy atom. The van der Waals surface area contributed by atoms with Crippen LogP contribution in [0, 0.1) is 0 Å². The van der Waals surface area contributed by atoms with Gasteiger partial charge in [0.05, 0.1) is 0 Å². The summed E-state index contributed by atoms with van der Waals surface area (Å²) < 4.78 is 5.63.